The molecule has 2 amide bonds. The van der Waals surface area contributed by atoms with Crippen LogP contribution in [0.4, 0.5) is 18.9 Å². The Morgan fingerprint density at radius 2 is 1.71 bits per heavy atom. The summed E-state index contributed by atoms with van der Waals surface area (Å²) in [4.78, 5) is 25.2. The van der Waals surface area contributed by atoms with Crippen LogP contribution in [-0.2, 0) is 15.8 Å². The van der Waals surface area contributed by atoms with Gasteiger partial charge in [0.1, 0.15) is 12.1 Å². The first-order valence-electron chi connectivity index (χ1n) is 10.9. The predicted octanol–water partition coefficient (Wildman–Crippen LogP) is 5.30. The fourth-order valence-corrected chi connectivity index (χ4v) is 4.08. The lowest BCUT2D eigenvalue weighted by atomic mass is 9.90. The molecule has 0 saturated carbocycles. The van der Waals surface area contributed by atoms with Crippen molar-refractivity contribution in [2.75, 3.05) is 24.3 Å². The minimum absolute atomic E-state index is 0.157. The second kappa shape index (κ2) is 11.3. The van der Waals surface area contributed by atoms with E-state index in [0.717, 1.165) is 24.1 Å². The van der Waals surface area contributed by atoms with Crippen LogP contribution in [0.15, 0.2) is 53.6 Å². The number of alkyl halides is 4. The van der Waals surface area contributed by atoms with Gasteiger partial charge in [0.2, 0.25) is 11.8 Å². The number of hydrogen-bond donors (Lipinski definition) is 2. The molecule has 1 unspecified atom stereocenters. The van der Waals surface area contributed by atoms with Gasteiger partial charge in [0.05, 0.1) is 17.8 Å². The number of carbonyl (C=O) groups excluding carboxylic acids is 2. The number of unbranched alkanes of at least 4 members (excludes halogenated alkanes) is 1. The molecule has 2 N–H and O–H groups in total. The summed E-state index contributed by atoms with van der Waals surface area (Å²) in [6.07, 6.45) is -2.77. The lowest BCUT2D eigenvalue weighted by molar-refractivity contribution is -0.137. The number of amides is 2. The fourth-order valence-electron chi connectivity index (χ4n) is 3.76. The first-order valence-corrected chi connectivity index (χ1v) is 11.9. The molecule has 0 saturated heterocycles. The van der Waals surface area contributed by atoms with Crippen molar-refractivity contribution in [1.29, 1.82) is 0 Å². The van der Waals surface area contributed by atoms with E-state index >= 15 is 0 Å². The van der Waals surface area contributed by atoms with Crippen LogP contribution in [0.2, 0.25) is 5.02 Å². The van der Waals surface area contributed by atoms with E-state index in [1.54, 1.807) is 24.3 Å². The van der Waals surface area contributed by atoms with Gasteiger partial charge in [-0.25, -0.2) is 0 Å². The Labute approximate surface area is 211 Å². The summed E-state index contributed by atoms with van der Waals surface area (Å²) in [6.45, 7) is 1.90. The molecule has 1 aliphatic rings. The van der Waals surface area contributed by atoms with E-state index in [0.29, 0.717) is 29.5 Å². The summed E-state index contributed by atoms with van der Waals surface area (Å²) in [5.74, 6) is -0.138. The maximum atomic E-state index is 12.7. The predicted molar refractivity (Wildman–Crippen MR) is 131 cm³/mol. The lowest BCUT2D eigenvalue weighted by Gasteiger charge is -2.28. The van der Waals surface area contributed by atoms with Crippen LogP contribution in [0.3, 0.4) is 0 Å². The zero-order valence-electron chi connectivity index (χ0n) is 19.0. The number of hydrogen-bond acceptors (Lipinski definition) is 4. The number of rotatable bonds is 9. The number of nitrogens with zero attached hydrogens (tertiary/aromatic N) is 2. The van der Waals surface area contributed by atoms with Gasteiger partial charge in [0.15, 0.2) is 0 Å². The molecule has 0 aliphatic carbocycles. The topological polar surface area (TPSA) is 73.8 Å². The summed E-state index contributed by atoms with van der Waals surface area (Å²) in [5.41, 5.74) is -0.129. The van der Waals surface area contributed by atoms with Gasteiger partial charge in [-0.2, -0.15) is 18.3 Å². The third-order valence-electron chi connectivity index (χ3n) is 5.41. The fraction of sp³-hybridized carbons (Fsp3) is 0.375. The summed E-state index contributed by atoms with van der Waals surface area (Å²) in [7, 11) is 0. The Kier molecular flexibility index (Phi) is 8.66. The van der Waals surface area contributed by atoms with Crippen molar-refractivity contribution in [2.24, 2.45) is 5.10 Å². The zero-order chi connectivity index (χ0) is 25.6. The third-order valence-corrected chi connectivity index (χ3v) is 5.92. The van der Waals surface area contributed by atoms with Gasteiger partial charge in [-0.3, -0.25) is 14.6 Å². The quantitative estimate of drug-likeness (QED) is 0.342. The van der Waals surface area contributed by atoms with E-state index in [9.17, 15) is 22.8 Å². The van der Waals surface area contributed by atoms with E-state index in [1.165, 1.54) is 17.1 Å². The molecule has 35 heavy (non-hydrogen) atoms. The van der Waals surface area contributed by atoms with Gasteiger partial charge in [-0.15, -0.1) is 11.6 Å². The molecule has 2 aromatic rings. The molecule has 11 heteroatoms. The molecule has 3 rings (SSSR count). The maximum Gasteiger partial charge on any atom is 0.416 e. The average molecular weight is 529 g/mol. The van der Waals surface area contributed by atoms with Crippen LogP contribution >= 0.6 is 23.2 Å². The molecule has 0 spiro atoms. The molecule has 6 nitrogen and oxygen atoms in total. The van der Waals surface area contributed by atoms with E-state index in [-0.39, 0.29) is 24.7 Å². The molecular formula is C24H25Cl2F3N4O2. The SMILES string of the molecule is CC1(NC(=O)CCCCCl)CN(CC(=O)Nc2ccc(C(F)(F)F)cc2)N=C1c1ccc(Cl)cc1. The molecule has 1 heterocycles. The lowest BCUT2D eigenvalue weighted by Crippen LogP contribution is -2.54. The van der Waals surface area contributed by atoms with Crippen LogP contribution in [0.5, 0.6) is 0 Å². The van der Waals surface area contributed by atoms with Crippen LogP contribution in [0.25, 0.3) is 0 Å². The Balaban J connectivity index is 1.72. The maximum absolute atomic E-state index is 12.7. The Hall–Kier alpha value is -2.78. The van der Waals surface area contributed by atoms with Gasteiger partial charge < -0.3 is 10.6 Å². The number of halogens is 5. The summed E-state index contributed by atoms with van der Waals surface area (Å²) in [5, 5.41) is 12.2. The number of hydrazone groups is 1. The molecule has 0 radical (unpaired) electrons. The van der Waals surface area contributed by atoms with E-state index in [2.05, 4.69) is 15.7 Å². The second-order valence-electron chi connectivity index (χ2n) is 8.43. The van der Waals surface area contributed by atoms with E-state index in [1.807, 2.05) is 6.92 Å². The molecule has 188 valence electrons. The second-order valence-corrected chi connectivity index (χ2v) is 9.24. The molecule has 2 aromatic carbocycles. The highest BCUT2D eigenvalue weighted by Gasteiger charge is 2.41. The summed E-state index contributed by atoms with van der Waals surface area (Å²) in [6, 6.07) is 11.2. The normalized spacial score (nSPS) is 17.8. The number of anilines is 1. The first-order chi connectivity index (χ1) is 16.5. The average Bonchev–Trinajstić information content (AvgIpc) is 3.09. The monoisotopic (exact) mass is 528 g/mol. The summed E-state index contributed by atoms with van der Waals surface area (Å²) >= 11 is 11.7. The first kappa shape index (κ1) is 26.8. The molecule has 0 bridgehead atoms. The van der Waals surface area contributed by atoms with Crippen molar-refractivity contribution in [1.82, 2.24) is 10.3 Å². The van der Waals surface area contributed by atoms with Gasteiger partial charge in [0.25, 0.3) is 0 Å². The minimum atomic E-state index is -4.45. The van der Waals surface area contributed by atoms with Crippen molar-refractivity contribution < 1.29 is 22.8 Å². The molecule has 1 aliphatic heterocycles. The van der Waals surface area contributed by atoms with Crippen LogP contribution < -0.4 is 10.6 Å². The van der Waals surface area contributed by atoms with Crippen molar-refractivity contribution in [2.45, 2.75) is 37.9 Å². The number of nitrogens with one attached hydrogen (secondary N) is 2. The Bertz CT molecular complexity index is 1080. The summed E-state index contributed by atoms with van der Waals surface area (Å²) < 4.78 is 38.2. The van der Waals surface area contributed by atoms with Crippen molar-refractivity contribution in [3.8, 4) is 0 Å². The number of benzene rings is 2. The molecular weight excluding hydrogens is 504 g/mol. The highest BCUT2D eigenvalue weighted by Crippen LogP contribution is 2.30. The Morgan fingerprint density at radius 1 is 1.06 bits per heavy atom. The van der Waals surface area contributed by atoms with Crippen molar-refractivity contribution in [3.05, 3.63) is 64.7 Å². The van der Waals surface area contributed by atoms with E-state index in [4.69, 9.17) is 23.2 Å². The van der Waals surface area contributed by atoms with Gasteiger partial charge >= 0.3 is 6.18 Å². The highest BCUT2D eigenvalue weighted by atomic mass is 35.5. The molecule has 1 atom stereocenters. The van der Waals surface area contributed by atoms with Crippen molar-refractivity contribution in [3.63, 3.8) is 0 Å². The van der Waals surface area contributed by atoms with Crippen LogP contribution in [0.1, 0.15) is 37.3 Å². The number of carbonyl (C=O) groups is 2. The standard InChI is InChI=1S/C24H25Cl2F3N4O2/c1-23(31-20(34)4-2-3-13-25)15-33(32-22(23)16-5-9-18(26)10-6-16)14-21(35)30-19-11-7-17(8-12-19)24(27,28)29/h5-12H,2-4,13-15H2,1H3,(H,30,35)(H,31,34). The zero-order valence-corrected chi connectivity index (χ0v) is 20.5. The smallest absolute Gasteiger partial charge is 0.343 e. The van der Waals surface area contributed by atoms with Crippen molar-refractivity contribution >= 4 is 46.4 Å². The van der Waals surface area contributed by atoms with Crippen LogP contribution in [0, 0.1) is 0 Å². The highest BCUT2D eigenvalue weighted by molar-refractivity contribution is 6.30. The largest absolute Gasteiger partial charge is 0.416 e. The minimum Gasteiger partial charge on any atom is -0.343 e. The molecule has 0 fully saturated rings. The van der Waals surface area contributed by atoms with Gasteiger partial charge in [-0.05, 0) is 56.2 Å². The Morgan fingerprint density at radius 3 is 2.31 bits per heavy atom. The van der Waals surface area contributed by atoms with Gasteiger partial charge in [-0.1, -0.05) is 23.7 Å². The molecule has 0 aromatic heterocycles. The van der Waals surface area contributed by atoms with E-state index < -0.39 is 23.2 Å². The van der Waals surface area contributed by atoms with Crippen LogP contribution in [-0.4, -0.2) is 47.0 Å². The van der Waals surface area contributed by atoms with Gasteiger partial charge in [0, 0.05) is 28.6 Å². The third kappa shape index (κ3) is 7.35.